The third-order valence-electron chi connectivity index (χ3n) is 5.27. The highest BCUT2D eigenvalue weighted by Gasteiger charge is 2.35. The Labute approximate surface area is 127 Å². The maximum Gasteiger partial charge on any atom is 0.0356 e. The Balaban J connectivity index is 1.53. The zero-order valence-electron chi connectivity index (χ0n) is 12.5. The Kier molecular flexibility index (Phi) is 3.52. The van der Waals surface area contributed by atoms with Gasteiger partial charge in [-0.05, 0) is 54.8 Å². The molecule has 2 aromatic carbocycles. The molecule has 0 radical (unpaired) electrons. The van der Waals surface area contributed by atoms with Crippen molar-refractivity contribution in [3.8, 4) is 0 Å². The number of fused-ring (bicyclic) bond motifs is 5. The van der Waals surface area contributed by atoms with Crippen LogP contribution in [0, 0.1) is 0 Å². The Bertz CT molecular complexity index is 604. The summed E-state index contributed by atoms with van der Waals surface area (Å²) in [5, 5.41) is 0. The van der Waals surface area contributed by atoms with Gasteiger partial charge in [0.25, 0.3) is 0 Å². The molecule has 0 N–H and O–H groups in total. The summed E-state index contributed by atoms with van der Waals surface area (Å²) < 4.78 is 0. The molecule has 1 nitrogen and oxygen atoms in total. The van der Waals surface area contributed by atoms with E-state index in [1.54, 1.807) is 11.1 Å². The lowest BCUT2D eigenvalue weighted by molar-refractivity contribution is 0.209. The lowest BCUT2D eigenvalue weighted by atomic mass is 9.96. The second-order valence-corrected chi connectivity index (χ2v) is 6.49. The smallest absolute Gasteiger partial charge is 0.0356 e. The molecule has 108 valence electrons. The van der Waals surface area contributed by atoms with Crippen LogP contribution in [-0.2, 0) is 6.42 Å². The zero-order valence-corrected chi connectivity index (χ0v) is 12.5. The third-order valence-corrected chi connectivity index (χ3v) is 5.27. The molecule has 1 saturated heterocycles. The van der Waals surface area contributed by atoms with Crippen molar-refractivity contribution in [3.05, 3.63) is 71.3 Å². The summed E-state index contributed by atoms with van der Waals surface area (Å²) in [6, 6.07) is 20.7. The number of benzene rings is 2. The highest BCUT2D eigenvalue weighted by Crippen LogP contribution is 2.47. The standard InChI is InChI=1S/C20H23N/c1-2-7-16(8-3-1)12-14-21-13-6-9-17-15-20(21)19-11-5-4-10-18(17)19/h1-5,7-8,10-11,17,20H,6,9,12-15H2/t17-,20-/m0/s1. The maximum absolute atomic E-state index is 2.73. The molecular weight excluding hydrogens is 254 g/mol. The van der Waals surface area contributed by atoms with Crippen molar-refractivity contribution >= 4 is 0 Å². The van der Waals surface area contributed by atoms with Gasteiger partial charge < -0.3 is 0 Å². The monoisotopic (exact) mass is 277 g/mol. The van der Waals surface area contributed by atoms with Gasteiger partial charge in [-0.25, -0.2) is 0 Å². The first-order valence-corrected chi connectivity index (χ1v) is 8.28. The van der Waals surface area contributed by atoms with Gasteiger partial charge >= 0.3 is 0 Å². The maximum atomic E-state index is 2.73. The number of hydrogen-bond donors (Lipinski definition) is 0. The molecule has 0 saturated carbocycles. The summed E-state index contributed by atoms with van der Waals surface area (Å²) in [7, 11) is 0. The van der Waals surface area contributed by atoms with Crippen LogP contribution in [0.2, 0.25) is 0 Å². The Hall–Kier alpha value is -1.60. The first-order valence-electron chi connectivity index (χ1n) is 8.28. The van der Waals surface area contributed by atoms with Gasteiger partial charge in [0.1, 0.15) is 0 Å². The van der Waals surface area contributed by atoms with E-state index in [9.17, 15) is 0 Å². The molecule has 0 amide bonds. The topological polar surface area (TPSA) is 3.24 Å². The van der Waals surface area contributed by atoms with Crippen LogP contribution in [-0.4, -0.2) is 18.0 Å². The summed E-state index contributed by atoms with van der Waals surface area (Å²) in [6.45, 7) is 2.46. The third kappa shape index (κ3) is 2.51. The van der Waals surface area contributed by atoms with Gasteiger partial charge in [-0.1, -0.05) is 54.6 Å². The highest BCUT2D eigenvalue weighted by molar-refractivity contribution is 5.38. The molecule has 1 heterocycles. The van der Waals surface area contributed by atoms with E-state index < -0.39 is 0 Å². The van der Waals surface area contributed by atoms with Gasteiger partial charge in [-0.15, -0.1) is 0 Å². The summed E-state index contributed by atoms with van der Waals surface area (Å²) in [5.41, 5.74) is 4.70. The van der Waals surface area contributed by atoms with Crippen molar-refractivity contribution in [2.24, 2.45) is 0 Å². The fourth-order valence-corrected chi connectivity index (χ4v) is 4.21. The predicted molar refractivity (Wildman–Crippen MR) is 87.5 cm³/mol. The van der Waals surface area contributed by atoms with Crippen LogP contribution in [0.3, 0.4) is 0 Å². The van der Waals surface area contributed by atoms with E-state index in [1.807, 2.05) is 0 Å². The highest BCUT2D eigenvalue weighted by atomic mass is 15.2. The first-order chi connectivity index (χ1) is 10.4. The molecule has 1 aliphatic carbocycles. The van der Waals surface area contributed by atoms with Crippen molar-refractivity contribution in [1.29, 1.82) is 0 Å². The van der Waals surface area contributed by atoms with Gasteiger partial charge in [0.2, 0.25) is 0 Å². The van der Waals surface area contributed by atoms with E-state index in [1.165, 1.54) is 44.3 Å². The van der Waals surface area contributed by atoms with E-state index in [0.717, 1.165) is 5.92 Å². The number of hydrogen-bond acceptors (Lipinski definition) is 1. The van der Waals surface area contributed by atoms with Crippen molar-refractivity contribution in [2.75, 3.05) is 13.1 Å². The van der Waals surface area contributed by atoms with Crippen LogP contribution >= 0.6 is 0 Å². The lowest BCUT2D eigenvalue weighted by Gasteiger charge is -2.29. The fourth-order valence-electron chi connectivity index (χ4n) is 4.21. The second kappa shape index (κ2) is 5.65. The first kappa shape index (κ1) is 13.1. The van der Waals surface area contributed by atoms with Crippen LogP contribution in [0.4, 0.5) is 0 Å². The van der Waals surface area contributed by atoms with Crippen molar-refractivity contribution < 1.29 is 0 Å². The van der Waals surface area contributed by atoms with Gasteiger partial charge in [-0.2, -0.15) is 0 Å². The second-order valence-electron chi connectivity index (χ2n) is 6.49. The number of likely N-dealkylation sites (tertiary alicyclic amines) is 1. The number of nitrogens with zero attached hydrogens (tertiary/aromatic N) is 1. The zero-order chi connectivity index (χ0) is 14.1. The Morgan fingerprint density at radius 1 is 0.905 bits per heavy atom. The lowest BCUT2D eigenvalue weighted by Crippen LogP contribution is -2.30. The molecule has 1 aliphatic heterocycles. The van der Waals surface area contributed by atoms with Gasteiger partial charge in [0, 0.05) is 12.6 Å². The average Bonchev–Trinajstić information content (AvgIpc) is 2.76. The molecule has 1 fully saturated rings. The minimum atomic E-state index is 0.664. The SMILES string of the molecule is c1ccc(CCN2CCC[C@H]3C[C@H]2c2ccccc23)cc1. The summed E-state index contributed by atoms with van der Waals surface area (Å²) in [6.07, 6.45) is 5.23. The van der Waals surface area contributed by atoms with Crippen molar-refractivity contribution in [1.82, 2.24) is 4.90 Å². The summed E-state index contributed by atoms with van der Waals surface area (Å²) in [4.78, 5) is 2.73. The van der Waals surface area contributed by atoms with E-state index in [4.69, 9.17) is 0 Å². The summed E-state index contributed by atoms with van der Waals surface area (Å²) >= 11 is 0. The molecule has 1 heteroatoms. The largest absolute Gasteiger partial charge is 0.296 e. The summed E-state index contributed by atoms with van der Waals surface area (Å²) in [5.74, 6) is 0.813. The molecule has 2 aromatic rings. The van der Waals surface area contributed by atoms with Crippen LogP contribution in [0.5, 0.6) is 0 Å². The quantitative estimate of drug-likeness (QED) is 0.795. The Morgan fingerprint density at radius 2 is 1.67 bits per heavy atom. The molecule has 0 aromatic heterocycles. The van der Waals surface area contributed by atoms with E-state index in [-0.39, 0.29) is 0 Å². The molecule has 21 heavy (non-hydrogen) atoms. The van der Waals surface area contributed by atoms with Crippen LogP contribution < -0.4 is 0 Å². The normalized spacial score (nSPS) is 24.6. The molecule has 4 rings (SSSR count). The van der Waals surface area contributed by atoms with E-state index >= 15 is 0 Å². The van der Waals surface area contributed by atoms with Gasteiger partial charge in [-0.3, -0.25) is 4.90 Å². The molecule has 0 spiro atoms. The van der Waals surface area contributed by atoms with Crippen molar-refractivity contribution in [3.63, 3.8) is 0 Å². The number of rotatable bonds is 3. The van der Waals surface area contributed by atoms with Gasteiger partial charge in [0.15, 0.2) is 0 Å². The predicted octanol–water partition coefficient (Wildman–Crippen LogP) is 4.55. The van der Waals surface area contributed by atoms with Crippen LogP contribution in [0.1, 0.15) is 47.9 Å². The van der Waals surface area contributed by atoms with Crippen LogP contribution in [0.25, 0.3) is 0 Å². The molecular formula is C20H23N. The minimum Gasteiger partial charge on any atom is -0.296 e. The molecule has 0 unspecified atom stereocenters. The van der Waals surface area contributed by atoms with E-state index in [2.05, 4.69) is 59.5 Å². The minimum absolute atomic E-state index is 0.664. The van der Waals surface area contributed by atoms with Gasteiger partial charge in [0.05, 0.1) is 0 Å². The fraction of sp³-hybridized carbons (Fsp3) is 0.400. The van der Waals surface area contributed by atoms with Crippen LogP contribution in [0.15, 0.2) is 54.6 Å². The van der Waals surface area contributed by atoms with Crippen molar-refractivity contribution in [2.45, 2.75) is 37.6 Å². The molecule has 2 aliphatic rings. The molecule has 2 atom stereocenters. The average molecular weight is 277 g/mol. The Morgan fingerprint density at radius 3 is 2.52 bits per heavy atom. The van der Waals surface area contributed by atoms with E-state index in [0.29, 0.717) is 6.04 Å². The molecule has 2 bridgehead atoms.